The van der Waals surface area contributed by atoms with Crippen molar-refractivity contribution in [2.75, 3.05) is 0 Å². The van der Waals surface area contributed by atoms with Crippen LogP contribution in [-0.2, 0) is 42.9 Å². The molecule has 5 fully saturated rings. The van der Waals surface area contributed by atoms with Crippen LogP contribution in [0.5, 0.6) is 0 Å². The fourth-order valence-electron chi connectivity index (χ4n) is 13.2. The second-order valence-electron chi connectivity index (χ2n) is 19.6. The van der Waals surface area contributed by atoms with E-state index in [4.69, 9.17) is 18.9 Å². The van der Waals surface area contributed by atoms with Crippen LogP contribution in [0.3, 0.4) is 0 Å². The summed E-state index contributed by atoms with van der Waals surface area (Å²) in [5.74, 6) is -2.84. The van der Waals surface area contributed by atoms with Crippen molar-refractivity contribution >= 4 is 29.7 Å². The number of rotatable bonds is 6. The minimum absolute atomic E-state index is 0.0125. The molecule has 11 heteroatoms. The van der Waals surface area contributed by atoms with Gasteiger partial charge < -0.3 is 29.2 Å². The zero-order chi connectivity index (χ0) is 39.3. The van der Waals surface area contributed by atoms with E-state index >= 15 is 0 Å². The van der Waals surface area contributed by atoms with E-state index < -0.39 is 65.9 Å². The number of fused-ring (bicyclic) bond motifs is 7. The molecule has 0 aromatic heterocycles. The molecular weight excluding hydrogens is 680 g/mol. The van der Waals surface area contributed by atoms with E-state index in [1.54, 1.807) is 0 Å². The SMILES string of the molecule is CC(=O)OC1C(OC(C)=O)[C@H](C(O)[C@]23CCC(C)(C)CC2C2=CCC4[C@@]5(C)CCC(=O)C(C)(C)C5CC[C@@]4(C)[C@]2(C)CC3)OC(C(=O)O)[C@H]1OC(C)=O. The lowest BCUT2D eigenvalue weighted by atomic mass is 9.33. The highest BCUT2D eigenvalue weighted by Gasteiger charge is 2.70. The zero-order valence-electron chi connectivity index (χ0n) is 33.4. The van der Waals surface area contributed by atoms with Gasteiger partial charge in [-0.3, -0.25) is 19.2 Å². The molecule has 7 unspecified atom stereocenters. The number of carbonyl (C=O) groups excluding carboxylic acids is 4. The fraction of sp³-hybridized carbons (Fsp3) is 0.833. The summed E-state index contributed by atoms with van der Waals surface area (Å²) in [5, 5.41) is 23.2. The predicted molar refractivity (Wildman–Crippen MR) is 193 cm³/mol. The molecule has 1 heterocycles. The maximum Gasteiger partial charge on any atom is 0.336 e. The number of aliphatic hydroxyl groups is 1. The van der Waals surface area contributed by atoms with Crippen LogP contribution in [0.25, 0.3) is 0 Å². The van der Waals surface area contributed by atoms with Crippen LogP contribution in [0.4, 0.5) is 0 Å². The number of ketones is 1. The van der Waals surface area contributed by atoms with Gasteiger partial charge in [0.25, 0.3) is 0 Å². The van der Waals surface area contributed by atoms with Gasteiger partial charge in [0.15, 0.2) is 24.4 Å². The second kappa shape index (κ2) is 13.2. The summed E-state index contributed by atoms with van der Waals surface area (Å²) in [6.45, 7) is 19.6. The number of carbonyl (C=O) groups is 5. The molecule has 296 valence electrons. The van der Waals surface area contributed by atoms with Crippen molar-refractivity contribution in [3.63, 3.8) is 0 Å². The Kier molecular flexibility index (Phi) is 9.91. The Bertz CT molecular complexity index is 1580. The van der Waals surface area contributed by atoms with Gasteiger partial charge in [0.05, 0.1) is 6.10 Å². The quantitative estimate of drug-likeness (QED) is 0.177. The van der Waals surface area contributed by atoms with E-state index in [0.29, 0.717) is 36.9 Å². The molecule has 13 atom stereocenters. The average Bonchev–Trinajstić information content (AvgIpc) is 3.03. The van der Waals surface area contributed by atoms with Crippen molar-refractivity contribution in [2.45, 2.75) is 170 Å². The highest BCUT2D eigenvalue weighted by Crippen LogP contribution is 2.76. The first kappa shape index (κ1) is 39.9. The first-order valence-electron chi connectivity index (χ1n) is 19.8. The van der Waals surface area contributed by atoms with Crippen molar-refractivity contribution in [3.8, 4) is 0 Å². The van der Waals surface area contributed by atoms with Gasteiger partial charge in [-0.05, 0) is 97.2 Å². The molecule has 0 amide bonds. The molecule has 53 heavy (non-hydrogen) atoms. The van der Waals surface area contributed by atoms with Crippen molar-refractivity contribution in [3.05, 3.63) is 11.6 Å². The summed E-state index contributed by atoms with van der Waals surface area (Å²) in [6.07, 6.45) is 1.41. The number of hydrogen-bond donors (Lipinski definition) is 2. The van der Waals surface area contributed by atoms with E-state index in [1.807, 2.05) is 0 Å². The van der Waals surface area contributed by atoms with Crippen LogP contribution < -0.4 is 0 Å². The largest absolute Gasteiger partial charge is 0.479 e. The predicted octanol–water partition coefficient (Wildman–Crippen LogP) is 6.37. The van der Waals surface area contributed by atoms with Crippen molar-refractivity contribution in [1.29, 1.82) is 0 Å². The van der Waals surface area contributed by atoms with Gasteiger partial charge in [0.1, 0.15) is 11.9 Å². The summed E-state index contributed by atoms with van der Waals surface area (Å²) in [4.78, 5) is 63.2. The summed E-state index contributed by atoms with van der Waals surface area (Å²) in [7, 11) is 0. The Morgan fingerprint density at radius 3 is 1.98 bits per heavy atom. The van der Waals surface area contributed by atoms with Crippen LogP contribution in [-0.4, -0.2) is 76.5 Å². The number of carboxylic acids is 1. The molecule has 4 saturated carbocycles. The number of hydrogen-bond acceptors (Lipinski definition) is 10. The Morgan fingerprint density at radius 2 is 1.38 bits per heavy atom. The molecule has 6 rings (SSSR count). The lowest BCUT2D eigenvalue weighted by Crippen LogP contribution is -2.69. The summed E-state index contributed by atoms with van der Waals surface area (Å²) < 4.78 is 23.0. The molecule has 1 aliphatic heterocycles. The molecule has 0 aromatic rings. The van der Waals surface area contributed by atoms with Crippen LogP contribution in [0.1, 0.15) is 133 Å². The molecule has 6 aliphatic rings. The topological polar surface area (TPSA) is 163 Å². The highest BCUT2D eigenvalue weighted by atomic mass is 16.7. The number of ether oxygens (including phenoxy) is 4. The zero-order valence-corrected chi connectivity index (χ0v) is 33.4. The number of allylic oxidation sites excluding steroid dienone is 2. The minimum Gasteiger partial charge on any atom is -0.479 e. The van der Waals surface area contributed by atoms with E-state index in [-0.39, 0.29) is 33.0 Å². The van der Waals surface area contributed by atoms with Crippen molar-refractivity contribution < 1.29 is 53.1 Å². The third-order valence-corrected chi connectivity index (χ3v) is 16.1. The third kappa shape index (κ3) is 6.09. The van der Waals surface area contributed by atoms with Crippen LogP contribution >= 0.6 is 0 Å². The Balaban J connectivity index is 1.44. The first-order chi connectivity index (χ1) is 24.4. The van der Waals surface area contributed by atoms with Crippen molar-refractivity contribution in [1.82, 2.24) is 0 Å². The van der Waals surface area contributed by atoms with Gasteiger partial charge in [-0.1, -0.05) is 60.1 Å². The molecule has 5 aliphatic carbocycles. The smallest absolute Gasteiger partial charge is 0.336 e. The van der Waals surface area contributed by atoms with Crippen LogP contribution in [0.2, 0.25) is 0 Å². The summed E-state index contributed by atoms with van der Waals surface area (Å²) in [5.41, 5.74) is -0.0660. The van der Waals surface area contributed by atoms with Gasteiger partial charge in [-0.25, -0.2) is 4.79 Å². The van der Waals surface area contributed by atoms with Gasteiger partial charge in [-0.2, -0.15) is 0 Å². The summed E-state index contributed by atoms with van der Waals surface area (Å²) in [6, 6.07) is 0. The van der Waals surface area contributed by atoms with Gasteiger partial charge in [0.2, 0.25) is 0 Å². The number of Topliss-reactive ketones (excluding diaryl/α,β-unsaturated/α-hetero) is 1. The molecule has 0 radical (unpaired) electrons. The van der Waals surface area contributed by atoms with Gasteiger partial charge in [-0.15, -0.1) is 0 Å². The molecule has 0 aromatic carbocycles. The average molecular weight is 743 g/mol. The maximum absolute atomic E-state index is 13.2. The maximum atomic E-state index is 13.2. The monoisotopic (exact) mass is 742 g/mol. The van der Waals surface area contributed by atoms with E-state index in [9.17, 15) is 34.2 Å². The van der Waals surface area contributed by atoms with Crippen LogP contribution in [0, 0.1) is 50.2 Å². The standard InChI is InChI=1S/C42H62O11/c1-22(43)50-30-31(51-23(2)44)33(53-34(36(48)49)32(30)52-24(3)45)35(47)42-19-17-37(4,5)21-26(42)25-11-12-28-39(8)15-14-29(46)38(6,7)27(39)13-16-41(28,10)40(25,9)18-20-42/h11,26-28,30-35,47H,12-21H2,1-10H3,(H,48,49)/t26?,27?,28?,30?,31?,32-,33+,34?,35?,39-,40+,41+,42-/m0/s1. The van der Waals surface area contributed by atoms with E-state index in [1.165, 1.54) is 12.5 Å². The van der Waals surface area contributed by atoms with Gasteiger partial charge >= 0.3 is 23.9 Å². The summed E-state index contributed by atoms with van der Waals surface area (Å²) >= 11 is 0. The first-order valence-corrected chi connectivity index (χ1v) is 19.8. The fourth-order valence-corrected chi connectivity index (χ4v) is 13.2. The Hall–Kier alpha value is -2.79. The molecule has 0 bridgehead atoms. The number of carboxylic acid groups (broad SMARTS) is 1. The Labute approximate surface area is 314 Å². The Morgan fingerprint density at radius 1 is 0.792 bits per heavy atom. The van der Waals surface area contributed by atoms with E-state index in [2.05, 4.69) is 54.5 Å². The second-order valence-corrected chi connectivity index (χ2v) is 19.6. The van der Waals surface area contributed by atoms with Gasteiger partial charge in [0, 0.05) is 38.0 Å². The normalized spacial score (nSPS) is 44.7. The molecule has 11 nitrogen and oxygen atoms in total. The highest BCUT2D eigenvalue weighted by molar-refractivity contribution is 5.85. The van der Waals surface area contributed by atoms with Crippen LogP contribution in [0.15, 0.2) is 11.6 Å². The van der Waals surface area contributed by atoms with Crippen molar-refractivity contribution in [2.24, 2.45) is 50.2 Å². The molecule has 0 spiro atoms. The lowest BCUT2D eigenvalue weighted by molar-refractivity contribution is -0.277. The lowest BCUT2D eigenvalue weighted by Gasteiger charge is -2.71. The number of esters is 3. The molecule has 2 N–H and O–H groups in total. The molecular formula is C42H62O11. The third-order valence-electron chi connectivity index (χ3n) is 16.1. The minimum atomic E-state index is -1.80. The molecule has 1 saturated heterocycles. The van der Waals surface area contributed by atoms with E-state index in [0.717, 1.165) is 58.8 Å². The number of aliphatic hydroxyl groups excluding tert-OH is 1. The number of aliphatic carboxylic acids is 1.